The molecule has 0 unspecified atom stereocenters. The summed E-state index contributed by atoms with van der Waals surface area (Å²) in [6.07, 6.45) is -5.70. The molecule has 0 aliphatic carbocycles. The van der Waals surface area contributed by atoms with Crippen LogP contribution in [0.5, 0.6) is 0 Å². The third kappa shape index (κ3) is 4.27. The Hall–Kier alpha value is -2.41. The first-order valence-electron chi connectivity index (χ1n) is 9.32. The van der Waals surface area contributed by atoms with Crippen molar-refractivity contribution in [2.24, 2.45) is 0 Å². The second kappa shape index (κ2) is 8.75. The molecule has 33 heavy (non-hydrogen) atoms. The molecule has 13 heteroatoms. The van der Waals surface area contributed by atoms with E-state index in [9.17, 15) is 31.5 Å². The zero-order valence-electron chi connectivity index (χ0n) is 16.7. The maximum atomic E-state index is 14.8. The van der Waals surface area contributed by atoms with Gasteiger partial charge in [0.15, 0.2) is 0 Å². The smallest absolute Gasteiger partial charge is 0.359 e. The van der Waals surface area contributed by atoms with Crippen LogP contribution in [0.1, 0.15) is 5.56 Å². The van der Waals surface area contributed by atoms with E-state index in [1.54, 1.807) is 0 Å². The van der Waals surface area contributed by atoms with Crippen LogP contribution in [0, 0.1) is 11.6 Å². The van der Waals surface area contributed by atoms with Gasteiger partial charge in [0.05, 0.1) is 34.1 Å². The summed E-state index contributed by atoms with van der Waals surface area (Å²) in [6.45, 7) is -0.251. The molecule has 176 valence electrons. The molecule has 1 atom stereocenters. The number of ether oxygens (including phenoxy) is 2. The summed E-state index contributed by atoms with van der Waals surface area (Å²) in [5, 5.41) is -0.996. The van der Waals surface area contributed by atoms with Gasteiger partial charge in [0.1, 0.15) is 18.4 Å². The van der Waals surface area contributed by atoms with Crippen LogP contribution in [-0.2, 0) is 22.2 Å². The minimum Gasteiger partial charge on any atom is -0.359 e. The Morgan fingerprint density at radius 1 is 1.21 bits per heavy atom. The van der Waals surface area contributed by atoms with Gasteiger partial charge in [0.2, 0.25) is 0 Å². The fourth-order valence-electron chi connectivity index (χ4n) is 3.64. The van der Waals surface area contributed by atoms with E-state index < -0.39 is 62.3 Å². The summed E-state index contributed by atoms with van der Waals surface area (Å²) in [6, 6.07) is 1.68. The van der Waals surface area contributed by atoms with E-state index in [-0.39, 0.29) is 29.5 Å². The number of methoxy groups -OCH3 is 1. The van der Waals surface area contributed by atoms with E-state index in [4.69, 9.17) is 21.1 Å². The van der Waals surface area contributed by atoms with Crippen molar-refractivity contribution in [2.45, 2.75) is 23.7 Å². The van der Waals surface area contributed by atoms with Crippen LogP contribution in [0.15, 0.2) is 32.7 Å². The monoisotopic (exact) mass is 508 g/mol. The van der Waals surface area contributed by atoms with Crippen molar-refractivity contribution in [2.75, 3.05) is 19.7 Å². The number of hydrogen-bond acceptors (Lipinski definition) is 5. The molecule has 3 aromatic rings. The Kier molecular flexibility index (Phi) is 6.29. The Balaban J connectivity index is 2.14. The zero-order valence-corrected chi connectivity index (χ0v) is 18.3. The molecule has 1 aliphatic heterocycles. The van der Waals surface area contributed by atoms with Gasteiger partial charge in [0.25, 0.3) is 5.56 Å². The molecule has 1 aliphatic rings. The molecule has 0 bridgehead atoms. The summed E-state index contributed by atoms with van der Waals surface area (Å²) in [7, 11) is 1.37. The van der Waals surface area contributed by atoms with Gasteiger partial charge < -0.3 is 9.47 Å². The average Bonchev–Trinajstić information content (AvgIpc) is 2.93. The number of halogens is 6. The second-order valence-electron chi connectivity index (χ2n) is 7.14. The molecule has 0 saturated heterocycles. The topological polar surface area (TPSA) is 73.3 Å². The first kappa shape index (κ1) is 23.7. The van der Waals surface area contributed by atoms with Crippen molar-refractivity contribution < 1.29 is 31.4 Å². The number of nitrogens with zero attached hydrogens (tertiary/aromatic N) is 1. The molecule has 0 saturated carbocycles. The molecule has 0 amide bonds. The quantitative estimate of drug-likeness (QED) is 0.321. The molecule has 0 radical (unpaired) electrons. The number of H-pyrrole nitrogens is 1. The number of aromatic amines is 1. The second-order valence-corrected chi connectivity index (χ2v) is 8.58. The maximum Gasteiger partial charge on any atom is 0.417 e. The number of benzene rings is 2. The van der Waals surface area contributed by atoms with Crippen molar-refractivity contribution in [1.82, 2.24) is 9.55 Å². The van der Waals surface area contributed by atoms with E-state index in [1.807, 2.05) is 4.98 Å². The largest absolute Gasteiger partial charge is 0.417 e. The molecule has 0 fully saturated rings. The first-order chi connectivity index (χ1) is 15.5. The van der Waals surface area contributed by atoms with Crippen LogP contribution in [0.2, 0.25) is 5.02 Å². The minimum atomic E-state index is -5.01. The minimum absolute atomic E-state index is 0.0542. The molecule has 2 aromatic carbocycles. The first-order valence-corrected chi connectivity index (χ1v) is 10.7. The predicted molar refractivity (Wildman–Crippen MR) is 112 cm³/mol. The standard InChI is InChI=1S/C20H14ClF5N2O4S/c1-31-7-32-8-5-28-16-10(18(29)27-19(28)30)2-11(20(24,25)26)15(17(16)33-6-8)9-3-12(21)14(23)4-13(9)22/h2-4,8H,5-7H2,1H3,(H,27,29,30)/t8-/m1/s1. The Bertz CT molecular complexity index is 1370. The van der Waals surface area contributed by atoms with Gasteiger partial charge >= 0.3 is 11.9 Å². The van der Waals surface area contributed by atoms with Crippen molar-refractivity contribution >= 4 is 34.3 Å². The van der Waals surface area contributed by atoms with Crippen LogP contribution >= 0.6 is 23.4 Å². The molecular weight excluding hydrogens is 495 g/mol. The van der Waals surface area contributed by atoms with Gasteiger partial charge in [-0.3, -0.25) is 14.3 Å². The SMILES string of the molecule is COCO[C@H]1CSc2c(-c3cc(Cl)c(F)cc3F)c(C(F)(F)F)cc3c(=O)[nH]c(=O)n(c23)C1. The Morgan fingerprint density at radius 2 is 1.94 bits per heavy atom. The third-order valence-corrected chi connectivity index (χ3v) is 6.56. The third-order valence-electron chi connectivity index (χ3n) is 5.04. The number of nitrogens with one attached hydrogen (secondary N) is 1. The van der Waals surface area contributed by atoms with E-state index in [2.05, 4.69) is 0 Å². The van der Waals surface area contributed by atoms with Crippen LogP contribution < -0.4 is 11.2 Å². The average molecular weight is 509 g/mol. The highest BCUT2D eigenvalue weighted by atomic mass is 35.5. The Labute approximate surface area is 191 Å². The van der Waals surface area contributed by atoms with Gasteiger partial charge in [-0.1, -0.05) is 11.6 Å². The van der Waals surface area contributed by atoms with E-state index in [0.29, 0.717) is 12.1 Å². The van der Waals surface area contributed by atoms with Gasteiger partial charge in [0, 0.05) is 35.0 Å². The molecule has 2 heterocycles. The van der Waals surface area contributed by atoms with Crippen LogP contribution in [0.4, 0.5) is 22.0 Å². The van der Waals surface area contributed by atoms with Crippen molar-refractivity contribution in [1.29, 1.82) is 0 Å². The lowest BCUT2D eigenvalue weighted by Crippen LogP contribution is -2.34. The van der Waals surface area contributed by atoms with E-state index >= 15 is 0 Å². The summed E-state index contributed by atoms with van der Waals surface area (Å²) < 4.78 is 82.2. The maximum absolute atomic E-state index is 14.8. The van der Waals surface area contributed by atoms with Crippen molar-refractivity contribution in [3.05, 3.63) is 61.3 Å². The fraction of sp³-hybridized carbons (Fsp3) is 0.300. The normalized spacial score (nSPS) is 16.3. The van der Waals surface area contributed by atoms with Crippen LogP contribution in [0.25, 0.3) is 22.0 Å². The number of hydrogen-bond donors (Lipinski definition) is 1. The highest BCUT2D eigenvalue weighted by molar-refractivity contribution is 7.99. The molecule has 6 nitrogen and oxygen atoms in total. The van der Waals surface area contributed by atoms with Crippen LogP contribution in [0.3, 0.4) is 0 Å². The highest BCUT2D eigenvalue weighted by Crippen LogP contribution is 2.47. The highest BCUT2D eigenvalue weighted by Gasteiger charge is 2.38. The lowest BCUT2D eigenvalue weighted by Gasteiger charge is -2.20. The fourth-order valence-corrected chi connectivity index (χ4v) is 5.08. The predicted octanol–water partition coefficient (Wildman–Crippen LogP) is 4.40. The summed E-state index contributed by atoms with van der Waals surface area (Å²) >= 11 is 6.60. The summed E-state index contributed by atoms with van der Waals surface area (Å²) in [4.78, 5) is 26.9. The zero-order chi connectivity index (χ0) is 24.1. The van der Waals surface area contributed by atoms with E-state index in [1.165, 1.54) is 7.11 Å². The number of rotatable bonds is 4. The Morgan fingerprint density at radius 3 is 2.61 bits per heavy atom. The number of aromatic nitrogens is 2. The summed E-state index contributed by atoms with van der Waals surface area (Å²) in [5.74, 6) is -2.38. The molecule has 1 N–H and O–H groups in total. The lowest BCUT2D eigenvalue weighted by atomic mass is 9.96. The van der Waals surface area contributed by atoms with Crippen molar-refractivity contribution in [3.63, 3.8) is 0 Å². The molecular formula is C20H14ClF5N2O4S. The van der Waals surface area contributed by atoms with Crippen LogP contribution in [-0.4, -0.2) is 35.3 Å². The molecule has 1 aromatic heterocycles. The van der Waals surface area contributed by atoms with E-state index in [0.717, 1.165) is 22.4 Å². The van der Waals surface area contributed by atoms with Gasteiger partial charge in [-0.15, -0.1) is 11.8 Å². The van der Waals surface area contributed by atoms with Gasteiger partial charge in [-0.05, 0) is 12.1 Å². The molecule has 4 rings (SSSR count). The number of thioether (sulfide) groups is 1. The lowest BCUT2D eigenvalue weighted by molar-refractivity contribution is -0.137. The summed E-state index contributed by atoms with van der Waals surface area (Å²) in [5.41, 5.74) is -4.60. The number of alkyl halides is 3. The van der Waals surface area contributed by atoms with Crippen molar-refractivity contribution in [3.8, 4) is 11.1 Å². The van der Waals surface area contributed by atoms with Gasteiger partial charge in [-0.2, -0.15) is 13.2 Å². The molecule has 0 spiro atoms. The van der Waals surface area contributed by atoms with Gasteiger partial charge in [-0.25, -0.2) is 13.6 Å².